The number of carbonyl (C=O) groups is 3. The van der Waals surface area contributed by atoms with Crippen molar-refractivity contribution in [3.63, 3.8) is 0 Å². The number of aromatic hydroxyl groups is 2. The third-order valence-electron chi connectivity index (χ3n) is 4.52. The van der Waals surface area contributed by atoms with Crippen LogP contribution in [0.5, 0.6) is 11.5 Å². The molecule has 6 nitrogen and oxygen atoms in total. The quantitative estimate of drug-likeness (QED) is 0.344. The van der Waals surface area contributed by atoms with Crippen molar-refractivity contribution >= 4 is 17.5 Å². The molecule has 0 fully saturated rings. The first-order valence-electron chi connectivity index (χ1n) is 8.52. The van der Waals surface area contributed by atoms with Crippen LogP contribution in [0.1, 0.15) is 47.9 Å². The van der Waals surface area contributed by atoms with E-state index in [0.29, 0.717) is 0 Å². The third kappa shape index (κ3) is 4.16. The Kier molecular flexibility index (Phi) is 6.00. The first-order valence-corrected chi connectivity index (χ1v) is 8.52. The highest BCUT2D eigenvalue weighted by Crippen LogP contribution is 2.36. The van der Waals surface area contributed by atoms with Gasteiger partial charge in [-0.05, 0) is 31.1 Å². The molecule has 0 amide bonds. The minimum absolute atomic E-state index is 0.0589. The maximum Gasteiger partial charge on any atom is 0.330 e. The van der Waals surface area contributed by atoms with Crippen LogP contribution in [-0.4, -0.2) is 33.9 Å². The largest absolute Gasteiger partial charge is 0.507 e. The van der Waals surface area contributed by atoms with Crippen molar-refractivity contribution in [2.75, 3.05) is 0 Å². The van der Waals surface area contributed by atoms with Crippen molar-refractivity contribution in [1.82, 2.24) is 0 Å². The van der Waals surface area contributed by atoms with E-state index in [1.165, 1.54) is 0 Å². The van der Waals surface area contributed by atoms with E-state index in [0.717, 1.165) is 29.9 Å². The Morgan fingerprint density at radius 2 is 1.78 bits per heavy atom. The highest BCUT2D eigenvalue weighted by molar-refractivity contribution is 6.27. The van der Waals surface area contributed by atoms with Gasteiger partial charge in [0.2, 0.25) is 0 Å². The van der Waals surface area contributed by atoms with Crippen molar-refractivity contribution in [3.8, 4) is 11.5 Å². The molecule has 0 unspecified atom stereocenters. The van der Waals surface area contributed by atoms with Gasteiger partial charge < -0.3 is 14.9 Å². The van der Waals surface area contributed by atoms with Crippen molar-refractivity contribution in [1.29, 1.82) is 0 Å². The maximum atomic E-state index is 12.9. The van der Waals surface area contributed by atoms with Gasteiger partial charge in [-0.3, -0.25) is 9.59 Å². The standard InChI is InChI=1S/C21H22O6/c1-5-18(25)27-17(9-6-12(4)11(2)3)13-10-16(24)19-14(22)7-8-15(23)20(19)21(13)26/h5-8,10-11,17,22-23H,1,9H2,2-4H3/t17-/m1/s1. The Morgan fingerprint density at radius 3 is 2.33 bits per heavy atom. The van der Waals surface area contributed by atoms with Gasteiger partial charge in [-0.15, -0.1) is 0 Å². The summed E-state index contributed by atoms with van der Waals surface area (Å²) >= 11 is 0. The average molecular weight is 370 g/mol. The van der Waals surface area contributed by atoms with Crippen molar-refractivity contribution in [3.05, 3.63) is 59.2 Å². The number of esters is 1. The number of fused-ring (bicyclic) bond motifs is 1. The molecule has 0 bridgehead atoms. The number of benzene rings is 1. The molecular weight excluding hydrogens is 348 g/mol. The molecule has 27 heavy (non-hydrogen) atoms. The summed E-state index contributed by atoms with van der Waals surface area (Å²) in [6.45, 7) is 9.26. The minimum Gasteiger partial charge on any atom is -0.507 e. The van der Waals surface area contributed by atoms with Gasteiger partial charge in [-0.1, -0.05) is 32.1 Å². The Bertz CT molecular complexity index is 873. The molecule has 0 saturated carbocycles. The lowest BCUT2D eigenvalue weighted by Crippen LogP contribution is -2.28. The summed E-state index contributed by atoms with van der Waals surface area (Å²) in [7, 11) is 0. The molecule has 0 saturated heterocycles. The predicted molar refractivity (Wildman–Crippen MR) is 99.8 cm³/mol. The van der Waals surface area contributed by atoms with Crippen LogP contribution in [0.25, 0.3) is 0 Å². The zero-order valence-corrected chi connectivity index (χ0v) is 15.5. The fourth-order valence-corrected chi connectivity index (χ4v) is 2.68. The number of allylic oxidation sites excluding steroid dienone is 2. The summed E-state index contributed by atoms with van der Waals surface area (Å²) in [4.78, 5) is 37.1. The van der Waals surface area contributed by atoms with Gasteiger partial charge in [-0.25, -0.2) is 4.79 Å². The van der Waals surface area contributed by atoms with Gasteiger partial charge in [0.1, 0.15) is 17.6 Å². The smallest absolute Gasteiger partial charge is 0.330 e. The molecule has 0 spiro atoms. The van der Waals surface area contributed by atoms with Crippen molar-refractivity contribution < 1.29 is 29.3 Å². The predicted octanol–water partition coefficient (Wildman–Crippen LogP) is 3.49. The fourth-order valence-electron chi connectivity index (χ4n) is 2.68. The third-order valence-corrected chi connectivity index (χ3v) is 4.52. The molecule has 2 N–H and O–H groups in total. The van der Waals surface area contributed by atoms with Gasteiger partial charge >= 0.3 is 5.97 Å². The topological polar surface area (TPSA) is 101 Å². The summed E-state index contributed by atoms with van der Waals surface area (Å²) in [6.07, 6.45) is 3.02. The molecule has 0 aromatic heterocycles. The Balaban J connectivity index is 2.49. The molecule has 6 heteroatoms. The number of hydrogen-bond acceptors (Lipinski definition) is 6. The summed E-state index contributed by atoms with van der Waals surface area (Å²) in [5.41, 5.74) is 0.426. The lowest BCUT2D eigenvalue weighted by atomic mass is 9.85. The molecule has 0 heterocycles. The Labute approximate surface area is 157 Å². The minimum atomic E-state index is -1.02. The lowest BCUT2D eigenvalue weighted by molar-refractivity contribution is -0.141. The summed E-state index contributed by atoms with van der Waals surface area (Å²) in [6, 6.07) is 2.28. The van der Waals surface area contributed by atoms with Crippen LogP contribution in [0.4, 0.5) is 0 Å². The zero-order chi connectivity index (χ0) is 20.3. The van der Waals surface area contributed by atoms with Crippen LogP contribution in [0, 0.1) is 5.92 Å². The first-order chi connectivity index (χ1) is 12.7. The van der Waals surface area contributed by atoms with E-state index in [9.17, 15) is 24.6 Å². The normalized spacial score (nSPS) is 15.3. The van der Waals surface area contributed by atoms with Gasteiger partial charge in [0.25, 0.3) is 0 Å². The molecule has 1 atom stereocenters. The first kappa shape index (κ1) is 20.2. The number of phenolic OH excluding ortho intramolecular Hbond substituents is 2. The number of ketones is 2. The molecule has 2 rings (SSSR count). The molecule has 1 aliphatic rings. The van der Waals surface area contributed by atoms with E-state index < -0.39 is 35.1 Å². The van der Waals surface area contributed by atoms with Gasteiger partial charge in [-0.2, -0.15) is 0 Å². The Hall–Kier alpha value is -3.15. The van der Waals surface area contributed by atoms with Crippen LogP contribution in [0.2, 0.25) is 0 Å². The van der Waals surface area contributed by atoms with E-state index in [2.05, 4.69) is 6.58 Å². The second-order valence-electron chi connectivity index (χ2n) is 6.62. The number of hydrogen-bond donors (Lipinski definition) is 2. The fraction of sp³-hybridized carbons (Fsp3) is 0.286. The molecule has 0 aliphatic heterocycles. The van der Waals surface area contributed by atoms with Gasteiger partial charge in [0.15, 0.2) is 11.6 Å². The molecule has 142 valence electrons. The Morgan fingerprint density at radius 1 is 1.19 bits per heavy atom. The SMILES string of the molecule is C=CC(=O)O[C@H](CC=C(C)C(C)C)C1=CC(=O)c2c(O)ccc(O)c2C1=O. The van der Waals surface area contributed by atoms with E-state index >= 15 is 0 Å². The second-order valence-corrected chi connectivity index (χ2v) is 6.62. The monoisotopic (exact) mass is 370 g/mol. The van der Waals surface area contributed by atoms with E-state index in [-0.39, 0.29) is 29.0 Å². The maximum absolute atomic E-state index is 12.9. The van der Waals surface area contributed by atoms with Crippen molar-refractivity contribution in [2.24, 2.45) is 5.92 Å². The molecule has 1 aromatic carbocycles. The summed E-state index contributed by atoms with van der Waals surface area (Å²) in [5, 5.41) is 19.9. The highest BCUT2D eigenvalue weighted by atomic mass is 16.5. The van der Waals surface area contributed by atoms with Crippen LogP contribution in [0.15, 0.2) is 48.1 Å². The van der Waals surface area contributed by atoms with Crippen LogP contribution >= 0.6 is 0 Å². The van der Waals surface area contributed by atoms with E-state index in [1.807, 2.05) is 26.8 Å². The summed E-state index contributed by atoms with van der Waals surface area (Å²) < 4.78 is 5.29. The molecule has 0 radical (unpaired) electrons. The van der Waals surface area contributed by atoms with Crippen molar-refractivity contribution in [2.45, 2.75) is 33.3 Å². The number of phenols is 2. The number of rotatable bonds is 6. The van der Waals surface area contributed by atoms with E-state index in [4.69, 9.17) is 4.74 Å². The van der Waals surface area contributed by atoms with Crippen LogP contribution in [0.3, 0.4) is 0 Å². The average Bonchev–Trinajstić information content (AvgIpc) is 2.62. The van der Waals surface area contributed by atoms with Gasteiger partial charge in [0.05, 0.1) is 11.1 Å². The van der Waals surface area contributed by atoms with Gasteiger partial charge in [0, 0.05) is 18.1 Å². The lowest BCUT2D eigenvalue weighted by Gasteiger charge is -2.23. The second kappa shape index (κ2) is 8.03. The number of carbonyl (C=O) groups excluding carboxylic acids is 3. The molecule has 1 aliphatic carbocycles. The van der Waals surface area contributed by atoms with Crippen LogP contribution < -0.4 is 0 Å². The zero-order valence-electron chi connectivity index (χ0n) is 15.5. The number of ether oxygens (including phenoxy) is 1. The summed E-state index contributed by atoms with van der Waals surface area (Å²) in [5.74, 6) is -2.60. The highest BCUT2D eigenvalue weighted by Gasteiger charge is 2.35. The number of Topliss-reactive ketones (excluding diaryl/α,β-unsaturated/α-hetero) is 1. The van der Waals surface area contributed by atoms with E-state index in [1.54, 1.807) is 0 Å². The molecule has 1 aromatic rings. The van der Waals surface area contributed by atoms with Crippen LogP contribution in [-0.2, 0) is 9.53 Å². The molecular formula is C21H22O6.